The summed E-state index contributed by atoms with van der Waals surface area (Å²) < 4.78 is 0. The van der Waals surface area contributed by atoms with Crippen LogP contribution in [0, 0.1) is 6.92 Å². The molecule has 0 fully saturated rings. The lowest BCUT2D eigenvalue weighted by atomic mass is 9.79. The van der Waals surface area contributed by atoms with Crippen LogP contribution in [0.5, 0.6) is 0 Å². The minimum absolute atomic E-state index is 0.0166. The molecule has 0 amide bonds. The summed E-state index contributed by atoms with van der Waals surface area (Å²) in [5, 5.41) is 5.18. The summed E-state index contributed by atoms with van der Waals surface area (Å²) in [5.41, 5.74) is 19.9. The van der Waals surface area contributed by atoms with Crippen molar-refractivity contribution in [1.29, 1.82) is 0 Å². The molecule has 0 radical (unpaired) electrons. The van der Waals surface area contributed by atoms with Gasteiger partial charge in [-0.1, -0.05) is 167 Å². The number of rotatable bonds is 3. The summed E-state index contributed by atoms with van der Waals surface area (Å²) in [5.74, 6) is 0. The topological polar surface area (TPSA) is 0 Å². The van der Waals surface area contributed by atoms with Crippen molar-refractivity contribution in [2.75, 3.05) is 0 Å². The van der Waals surface area contributed by atoms with E-state index in [1.54, 1.807) is 0 Å². The van der Waals surface area contributed by atoms with Gasteiger partial charge in [0.05, 0.1) is 0 Å². The minimum atomic E-state index is -0.142. The summed E-state index contributed by atoms with van der Waals surface area (Å²) in [7, 11) is 0. The number of hydrogen-bond donors (Lipinski definition) is 0. The van der Waals surface area contributed by atoms with Gasteiger partial charge < -0.3 is 0 Å². The Labute approximate surface area is 301 Å². The second-order valence-corrected chi connectivity index (χ2v) is 15.8. The highest BCUT2D eigenvalue weighted by molar-refractivity contribution is 6.21. The Morgan fingerprint density at radius 1 is 0.314 bits per heavy atom. The van der Waals surface area contributed by atoms with Crippen molar-refractivity contribution in [1.82, 2.24) is 0 Å². The summed E-state index contributed by atoms with van der Waals surface area (Å²) in [6, 6.07) is 57.4. The van der Waals surface area contributed by atoms with Crippen LogP contribution in [-0.4, -0.2) is 0 Å². The normalized spacial score (nSPS) is 14.7. The molecule has 0 bridgehead atoms. The number of benzene rings is 8. The highest BCUT2D eigenvalue weighted by Crippen LogP contribution is 2.53. The molecule has 10 rings (SSSR count). The Morgan fingerprint density at radius 3 is 1.18 bits per heavy atom. The van der Waals surface area contributed by atoms with E-state index in [9.17, 15) is 0 Å². The number of aryl methyl sites for hydroxylation is 1. The van der Waals surface area contributed by atoms with Crippen LogP contribution in [0.1, 0.15) is 55.5 Å². The smallest absolute Gasteiger partial charge is 0.0159 e. The molecule has 0 spiro atoms. The number of fused-ring (bicyclic) bond motifs is 8. The van der Waals surface area contributed by atoms with Crippen LogP contribution in [0.2, 0.25) is 0 Å². The van der Waals surface area contributed by atoms with E-state index < -0.39 is 0 Å². The minimum Gasteiger partial charge on any atom is -0.0619 e. The third-order valence-corrected chi connectivity index (χ3v) is 12.2. The van der Waals surface area contributed by atoms with Crippen LogP contribution in [0.4, 0.5) is 0 Å². The third-order valence-electron chi connectivity index (χ3n) is 12.2. The van der Waals surface area contributed by atoms with Crippen LogP contribution in [0.25, 0.3) is 77.2 Å². The highest BCUT2D eigenvalue weighted by atomic mass is 14.4. The van der Waals surface area contributed by atoms with Gasteiger partial charge in [0.2, 0.25) is 0 Å². The molecule has 244 valence electrons. The molecule has 0 heteroatoms. The van der Waals surface area contributed by atoms with Gasteiger partial charge in [-0.05, 0) is 125 Å². The molecule has 0 N–H and O–H groups in total. The van der Waals surface area contributed by atoms with E-state index in [1.807, 2.05) is 0 Å². The molecule has 0 aromatic heterocycles. The zero-order valence-corrected chi connectivity index (χ0v) is 29.9. The molecule has 0 heterocycles. The maximum atomic E-state index is 2.49. The molecule has 0 aliphatic heterocycles. The van der Waals surface area contributed by atoms with E-state index in [-0.39, 0.29) is 10.8 Å². The molecule has 8 aromatic rings. The second-order valence-electron chi connectivity index (χ2n) is 15.8. The van der Waals surface area contributed by atoms with E-state index in [1.165, 1.54) is 105 Å². The summed E-state index contributed by atoms with van der Waals surface area (Å²) in [6.07, 6.45) is 0. The first kappa shape index (κ1) is 30.1. The molecule has 2 aliphatic rings. The standard InChI is InChI=1S/C51H40/c1-31-18-20-32(21-19-31)48-40-13-6-8-15-42(40)49(43-16-9-7-14-41(43)48)35-24-27-39-38-26-23-34(29-46(38)51(4,5)47(39)30-35)33-22-25-37-36-12-10-11-17-44(36)50(2,3)45(37)28-33/h6-30H,1-5H3. The predicted molar refractivity (Wildman–Crippen MR) is 218 cm³/mol. The van der Waals surface area contributed by atoms with Gasteiger partial charge >= 0.3 is 0 Å². The fourth-order valence-electron chi connectivity index (χ4n) is 9.43. The summed E-state index contributed by atoms with van der Waals surface area (Å²) >= 11 is 0. The van der Waals surface area contributed by atoms with Gasteiger partial charge in [0.1, 0.15) is 0 Å². The first-order valence-corrected chi connectivity index (χ1v) is 18.3. The van der Waals surface area contributed by atoms with Gasteiger partial charge in [-0.25, -0.2) is 0 Å². The predicted octanol–water partition coefficient (Wildman–Crippen LogP) is 13.9. The van der Waals surface area contributed by atoms with E-state index in [0.717, 1.165) is 0 Å². The molecule has 0 saturated carbocycles. The van der Waals surface area contributed by atoms with Crippen LogP contribution < -0.4 is 0 Å². The Kier molecular flexibility index (Phi) is 6.29. The lowest BCUT2D eigenvalue weighted by molar-refractivity contribution is 0.659. The molecule has 2 aliphatic carbocycles. The van der Waals surface area contributed by atoms with Crippen LogP contribution in [0.15, 0.2) is 152 Å². The molecular formula is C51H40. The average Bonchev–Trinajstić information content (AvgIpc) is 3.52. The van der Waals surface area contributed by atoms with E-state index >= 15 is 0 Å². The maximum Gasteiger partial charge on any atom is 0.0159 e. The van der Waals surface area contributed by atoms with Crippen molar-refractivity contribution in [3.8, 4) is 55.6 Å². The molecule has 51 heavy (non-hydrogen) atoms. The van der Waals surface area contributed by atoms with E-state index in [0.29, 0.717) is 0 Å². The Morgan fingerprint density at radius 2 is 0.667 bits per heavy atom. The van der Waals surface area contributed by atoms with Crippen molar-refractivity contribution in [2.45, 2.75) is 45.4 Å². The molecular weight excluding hydrogens is 613 g/mol. The van der Waals surface area contributed by atoms with Crippen molar-refractivity contribution in [3.63, 3.8) is 0 Å². The molecule has 0 atom stereocenters. The van der Waals surface area contributed by atoms with Crippen molar-refractivity contribution >= 4 is 21.5 Å². The largest absolute Gasteiger partial charge is 0.0619 e. The van der Waals surface area contributed by atoms with Gasteiger partial charge in [-0.15, -0.1) is 0 Å². The first-order chi connectivity index (χ1) is 24.7. The Balaban J connectivity index is 1.11. The number of hydrogen-bond acceptors (Lipinski definition) is 0. The lowest BCUT2D eigenvalue weighted by Gasteiger charge is -2.24. The third kappa shape index (κ3) is 4.26. The van der Waals surface area contributed by atoms with Crippen LogP contribution >= 0.6 is 0 Å². The lowest BCUT2D eigenvalue weighted by Crippen LogP contribution is -2.15. The van der Waals surface area contributed by atoms with Crippen molar-refractivity contribution in [2.24, 2.45) is 0 Å². The zero-order chi connectivity index (χ0) is 34.6. The fraction of sp³-hybridized carbons (Fsp3) is 0.137. The summed E-state index contributed by atoms with van der Waals surface area (Å²) in [6.45, 7) is 11.7. The van der Waals surface area contributed by atoms with Gasteiger partial charge in [-0.3, -0.25) is 0 Å². The molecule has 0 nitrogen and oxygen atoms in total. The molecule has 8 aromatic carbocycles. The first-order valence-electron chi connectivity index (χ1n) is 18.3. The fourth-order valence-corrected chi connectivity index (χ4v) is 9.43. The van der Waals surface area contributed by atoms with E-state index in [4.69, 9.17) is 0 Å². The van der Waals surface area contributed by atoms with Gasteiger partial charge in [-0.2, -0.15) is 0 Å². The monoisotopic (exact) mass is 652 g/mol. The van der Waals surface area contributed by atoms with Crippen molar-refractivity contribution < 1.29 is 0 Å². The Bertz CT molecular complexity index is 2680. The van der Waals surface area contributed by atoms with Gasteiger partial charge in [0.25, 0.3) is 0 Å². The Hall–Kier alpha value is -5.72. The summed E-state index contributed by atoms with van der Waals surface area (Å²) in [4.78, 5) is 0. The highest BCUT2D eigenvalue weighted by Gasteiger charge is 2.37. The molecule has 0 unspecified atom stereocenters. The molecule has 0 saturated heterocycles. The average molecular weight is 653 g/mol. The SMILES string of the molecule is Cc1ccc(-c2c3ccccc3c(-c3ccc4c(c3)C(C)(C)c3cc(-c5ccc6c(c5)C(C)(C)c5ccccc5-6)ccc3-4)c3ccccc23)cc1. The van der Waals surface area contributed by atoms with Crippen molar-refractivity contribution in [3.05, 3.63) is 179 Å². The van der Waals surface area contributed by atoms with Gasteiger partial charge in [0, 0.05) is 10.8 Å². The van der Waals surface area contributed by atoms with Gasteiger partial charge in [0.15, 0.2) is 0 Å². The zero-order valence-electron chi connectivity index (χ0n) is 29.9. The van der Waals surface area contributed by atoms with E-state index in [2.05, 4.69) is 186 Å². The quantitative estimate of drug-likeness (QED) is 0.167. The second kappa shape index (κ2) is 10.6. The van der Waals surface area contributed by atoms with Crippen LogP contribution in [0.3, 0.4) is 0 Å². The maximum absolute atomic E-state index is 2.49. The van der Waals surface area contributed by atoms with Crippen LogP contribution in [-0.2, 0) is 10.8 Å².